The maximum Gasteiger partial charge on any atom is 0.219 e. The number of halogens is 2. The summed E-state index contributed by atoms with van der Waals surface area (Å²) in [4.78, 5) is 13.6. The summed E-state index contributed by atoms with van der Waals surface area (Å²) in [5, 5.41) is 7.86. The van der Waals surface area contributed by atoms with Crippen LogP contribution in [0.4, 0.5) is 15.9 Å². The Morgan fingerprint density at radius 1 is 1.46 bits per heavy atom. The van der Waals surface area contributed by atoms with E-state index in [0.717, 1.165) is 30.7 Å². The van der Waals surface area contributed by atoms with Crippen molar-refractivity contribution in [2.24, 2.45) is 0 Å². The second-order valence-electron chi connectivity index (χ2n) is 6.68. The lowest BCUT2D eigenvalue weighted by atomic mass is 10.1. The number of fused-ring (bicyclic) bond motifs is 1. The first-order valence-electron chi connectivity index (χ1n) is 8.68. The molecule has 0 bridgehead atoms. The second-order valence-corrected chi connectivity index (χ2v) is 7.59. The Hall–Kier alpha value is -1.93. The van der Waals surface area contributed by atoms with Gasteiger partial charge in [0.15, 0.2) is 5.82 Å². The Morgan fingerprint density at radius 3 is 3.00 bits per heavy atom. The van der Waals surface area contributed by atoms with Crippen LogP contribution in [-0.2, 0) is 22.5 Å². The number of hydrogen-bond donors (Lipinski definition) is 1. The SMILES string of the molecule is CC(=O)N1CCc2c(c(Nc3ccc(Br)cc3F)nn2C2CCOC2)C1. The van der Waals surface area contributed by atoms with E-state index in [4.69, 9.17) is 9.84 Å². The van der Waals surface area contributed by atoms with Crippen molar-refractivity contribution in [3.8, 4) is 0 Å². The first-order valence-corrected chi connectivity index (χ1v) is 9.48. The van der Waals surface area contributed by atoms with Crippen LogP contribution in [0.25, 0.3) is 0 Å². The lowest BCUT2D eigenvalue weighted by Gasteiger charge is -2.27. The number of ether oxygens (including phenoxy) is 1. The van der Waals surface area contributed by atoms with E-state index in [1.54, 1.807) is 24.0 Å². The lowest BCUT2D eigenvalue weighted by molar-refractivity contribution is -0.129. The van der Waals surface area contributed by atoms with Gasteiger partial charge in [-0.3, -0.25) is 9.48 Å². The van der Waals surface area contributed by atoms with Crippen molar-refractivity contribution in [3.05, 3.63) is 39.7 Å². The molecule has 0 spiro atoms. The van der Waals surface area contributed by atoms with Crippen LogP contribution in [0.1, 0.15) is 30.6 Å². The van der Waals surface area contributed by atoms with Crippen molar-refractivity contribution < 1.29 is 13.9 Å². The van der Waals surface area contributed by atoms with E-state index in [1.165, 1.54) is 6.07 Å². The molecule has 1 unspecified atom stereocenters. The Morgan fingerprint density at radius 2 is 2.31 bits per heavy atom. The third-order valence-corrected chi connectivity index (χ3v) is 5.46. The molecule has 1 amide bonds. The standard InChI is InChI=1S/C18H20BrFN4O2/c1-11(25)23-6-4-17-14(9-23)18(22-24(17)13-5-7-26-10-13)21-16-3-2-12(19)8-15(16)20/h2-3,8,13H,4-7,9-10H2,1H3,(H,21,22). The molecule has 3 heterocycles. The minimum Gasteiger partial charge on any atom is -0.379 e. The fraction of sp³-hybridized carbons (Fsp3) is 0.444. The van der Waals surface area contributed by atoms with Crippen LogP contribution in [-0.4, -0.2) is 40.3 Å². The van der Waals surface area contributed by atoms with Crippen molar-refractivity contribution in [3.63, 3.8) is 0 Å². The number of nitrogens with zero attached hydrogens (tertiary/aromatic N) is 3. The molecule has 1 aromatic carbocycles. The number of benzene rings is 1. The molecule has 6 nitrogen and oxygen atoms in total. The molecule has 0 radical (unpaired) electrons. The zero-order valence-corrected chi connectivity index (χ0v) is 16.1. The lowest BCUT2D eigenvalue weighted by Crippen LogP contribution is -2.35. The molecule has 0 saturated carbocycles. The highest BCUT2D eigenvalue weighted by atomic mass is 79.9. The van der Waals surface area contributed by atoms with Gasteiger partial charge in [-0.2, -0.15) is 5.10 Å². The minimum absolute atomic E-state index is 0.0355. The van der Waals surface area contributed by atoms with Gasteiger partial charge in [0.2, 0.25) is 5.91 Å². The van der Waals surface area contributed by atoms with E-state index in [1.807, 2.05) is 4.68 Å². The van der Waals surface area contributed by atoms with Gasteiger partial charge in [-0.25, -0.2) is 4.39 Å². The molecular formula is C18H20BrFN4O2. The predicted octanol–water partition coefficient (Wildman–Crippen LogP) is 3.39. The largest absolute Gasteiger partial charge is 0.379 e. The summed E-state index contributed by atoms with van der Waals surface area (Å²) in [7, 11) is 0. The summed E-state index contributed by atoms with van der Waals surface area (Å²) in [5.74, 6) is 0.290. The Bertz CT molecular complexity index is 848. The van der Waals surface area contributed by atoms with E-state index < -0.39 is 0 Å². The predicted molar refractivity (Wildman–Crippen MR) is 98.9 cm³/mol. The Labute approximate surface area is 159 Å². The monoisotopic (exact) mass is 422 g/mol. The molecule has 2 aliphatic rings. The molecule has 2 aliphatic heterocycles. The van der Waals surface area contributed by atoms with Crippen LogP contribution < -0.4 is 5.32 Å². The molecule has 1 N–H and O–H groups in total. The average molecular weight is 423 g/mol. The van der Waals surface area contributed by atoms with Crippen molar-refractivity contribution in [2.75, 3.05) is 25.1 Å². The topological polar surface area (TPSA) is 59.4 Å². The fourth-order valence-corrected chi connectivity index (χ4v) is 3.88. The normalized spacial score (nSPS) is 19.5. The average Bonchev–Trinajstić information content (AvgIpc) is 3.25. The van der Waals surface area contributed by atoms with Gasteiger partial charge in [0, 0.05) is 42.2 Å². The molecule has 26 heavy (non-hydrogen) atoms. The van der Waals surface area contributed by atoms with Crippen LogP contribution in [0.15, 0.2) is 22.7 Å². The number of carbonyl (C=O) groups excluding carboxylic acids is 1. The number of carbonyl (C=O) groups is 1. The van der Waals surface area contributed by atoms with Crippen molar-refractivity contribution >= 4 is 33.3 Å². The number of anilines is 2. The Kier molecular flexibility index (Phi) is 4.71. The van der Waals surface area contributed by atoms with E-state index >= 15 is 0 Å². The van der Waals surface area contributed by atoms with Gasteiger partial charge in [-0.15, -0.1) is 0 Å². The minimum atomic E-state index is -0.355. The summed E-state index contributed by atoms with van der Waals surface area (Å²) < 4.78 is 22.5. The summed E-state index contributed by atoms with van der Waals surface area (Å²) in [6.07, 6.45) is 1.65. The van der Waals surface area contributed by atoms with Crippen molar-refractivity contribution in [1.29, 1.82) is 0 Å². The number of nitrogens with one attached hydrogen (secondary N) is 1. The maximum atomic E-state index is 14.3. The van der Waals surface area contributed by atoms with Gasteiger partial charge in [-0.1, -0.05) is 15.9 Å². The van der Waals surface area contributed by atoms with Gasteiger partial charge in [-0.05, 0) is 24.6 Å². The number of rotatable bonds is 3. The van der Waals surface area contributed by atoms with Gasteiger partial charge in [0.25, 0.3) is 0 Å². The van der Waals surface area contributed by atoms with Crippen LogP contribution in [0, 0.1) is 5.82 Å². The fourth-order valence-electron chi connectivity index (χ4n) is 3.55. The van der Waals surface area contributed by atoms with Gasteiger partial charge in [0.05, 0.1) is 24.9 Å². The molecule has 1 fully saturated rings. The van der Waals surface area contributed by atoms with Crippen LogP contribution >= 0.6 is 15.9 Å². The van der Waals surface area contributed by atoms with Crippen LogP contribution in [0.2, 0.25) is 0 Å². The van der Waals surface area contributed by atoms with Crippen LogP contribution in [0.3, 0.4) is 0 Å². The summed E-state index contributed by atoms with van der Waals surface area (Å²) >= 11 is 3.27. The Balaban J connectivity index is 1.72. The number of hydrogen-bond acceptors (Lipinski definition) is 4. The highest BCUT2D eigenvalue weighted by Crippen LogP contribution is 2.33. The first-order chi connectivity index (χ1) is 12.5. The zero-order chi connectivity index (χ0) is 18.3. The van der Waals surface area contributed by atoms with Gasteiger partial charge < -0.3 is 15.0 Å². The van der Waals surface area contributed by atoms with Crippen LogP contribution in [0.5, 0.6) is 0 Å². The van der Waals surface area contributed by atoms with Crippen molar-refractivity contribution in [2.45, 2.75) is 32.4 Å². The van der Waals surface area contributed by atoms with E-state index in [2.05, 4.69) is 21.2 Å². The van der Waals surface area contributed by atoms with E-state index in [0.29, 0.717) is 35.7 Å². The van der Waals surface area contributed by atoms with Crippen molar-refractivity contribution in [1.82, 2.24) is 14.7 Å². The smallest absolute Gasteiger partial charge is 0.219 e. The third-order valence-electron chi connectivity index (χ3n) is 4.97. The number of aromatic nitrogens is 2. The second kappa shape index (κ2) is 7.00. The summed E-state index contributed by atoms with van der Waals surface area (Å²) in [6.45, 7) is 4.09. The molecule has 0 aliphatic carbocycles. The molecule has 8 heteroatoms. The van der Waals surface area contributed by atoms with Gasteiger partial charge >= 0.3 is 0 Å². The molecule has 1 saturated heterocycles. The molecule has 138 valence electrons. The summed E-state index contributed by atoms with van der Waals surface area (Å²) in [5.41, 5.74) is 2.43. The van der Waals surface area contributed by atoms with Gasteiger partial charge in [0.1, 0.15) is 5.82 Å². The third kappa shape index (κ3) is 3.23. The van der Waals surface area contributed by atoms with E-state index in [-0.39, 0.29) is 17.8 Å². The first kappa shape index (κ1) is 17.5. The molecule has 1 atom stereocenters. The molecule has 1 aromatic heterocycles. The quantitative estimate of drug-likeness (QED) is 0.823. The molecule has 2 aromatic rings. The van der Waals surface area contributed by atoms with E-state index in [9.17, 15) is 9.18 Å². The number of amides is 1. The highest BCUT2D eigenvalue weighted by molar-refractivity contribution is 9.10. The summed E-state index contributed by atoms with van der Waals surface area (Å²) in [6, 6.07) is 5.06. The highest BCUT2D eigenvalue weighted by Gasteiger charge is 2.30. The maximum absolute atomic E-state index is 14.3. The molecular weight excluding hydrogens is 403 g/mol. The zero-order valence-electron chi connectivity index (χ0n) is 14.5. The molecule has 4 rings (SSSR count).